The van der Waals surface area contributed by atoms with E-state index in [9.17, 15) is 8.78 Å². The summed E-state index contributed by atoms with van der Waals surface area (Å²) in [5.41, 5.74) is -0.146. The third kappa shape index (κ3) is 1.38. The summed E-state index contributed by atoms with van der Waals surface area (Å²) in [5.74, 6) is -1.42. The maximum Gasteiger partial charge on any atom is 0.236 e. The summed E-state index contributed by atoms with van der Waals surface area (Å²) in [7, 11) is 0. The van der Waals surface area contributed by atoms with Gasteiger partial charge in [0.15, 0.2) is 5.71 Å². The second-order valence-electron chi connectivity index (χ2n) is 1.66. The van der Waals surface area contributed by atoms with Crippen LogP contribution in [0, 0.1) is 11.8 Å². The van der Waals surface area contributed by atoms with Crippen LogP contribution in [0.1, 0.15) is 0 Å². The zero-order valence-electron chi connectivity index (χ0n) is 4.49. The van der Waals surface area contributed by atoms with Gasteiger partial charge in [-0.05, 0) is 0 Å². The van der Waals surface area contributed by atoms with Crippen molar-refractivity contribution in [3.05, 3.63) is 30.2 Å². The molecule has 1 nitrogen and oxygen atoms in total. The highest BCUT2D eigenvalue weighted by molar-refractivity contribution is 6.03. The summed E-state index contributed by atoms with van der Waals surface area (Å²) >= 11 is 0. The monoisotopic (exact) mass is 128 g/mol. The summed E-state index contributed by atoms with van der Waals surface area (Å²) in [6, 6.07) is 0. The summed E-state index contributed by atoms with van der Waals surface area (Å²) < 4.78 is 24.1. The van der Waals surface area contributed by atoms with Crippen molar-refractivity contribution in [2.45, 2.75) is 0 Å². The Labute approximate surface area is 51.2 Å². The fraction of sp³-hybridized carbons (Fsp3) is 0. The van der Waals surface area contributed by atoms with Crippen LogP contribution in [0.3, 0.4) is 0 Å². The van der Waals surface area contributed by atoms with Gasteiger partial charge in [0.25, 0.3) is 0 Å². The fourth-order valence-electron chi connectivity index (χ4n) is 0.554. The van der Waals surface area contributed by atoms with E-state index in [1.807, 2.05) is 0 Å². The molecule has 0 spiro atoms. The van der Waals surface area contributed by atoms with E-state index >= 15 is 0 Å². The van der Waals surface area contributed by atoms with Crippen LogP contribution < -0.4 is 0 Å². The van der Waals surface area contributed by atoms with Gasteiger partial charge in [-0.15, -0.1) is 0 Å². The van der Waals surface area contributed by atoms with Gasteiger partial charge >= 0.3 is 0 Å². The average molecular weight is 128 g/mol. The number of rotatable bonds is 0. The van der Waals surface area contributed by atoms with Gasteiger partial charge < -0.3 is 0 Å². The molecule has 46 valence electrons. The van der Waals surface area contributed by atoms with Crippen molar-refractivity contribution < 1.29 is 8.78 Å². The lowest BCUT2D eigenvalue weighted by atomic mass is 10.1. The van der Waals surface area contributed by atoms with Gasteiger partial charge in [-0.1, -0.05) is 0 Å². The van der Waals surface area contributed by atoms with Gasteiger partial charge in [-0.2, -0.15) is 8.78 Å². The maximum absolute atomic E-state index is 12.1. The third-order valence-electron chi connectivity index (χ3n) is 0.863. The van der Waals surface area contributed by atoms with Crippen LogP contribution in [0.4, 0.5) is 8.78 Å². The Balaban J connectivity index is 2.86. The minimum absolute atomic E-state index is 0.146. The van der Waals surface area contributed by atoms with Crippen LogP contribution in [0.2, 0.25) is 0 Å². The molecule has 0 aromatic carbocycles. The van der Waals surface area contributed by atoms with Crippen LogP contribution in [-0.2, 0) is 0 Å². The largest absolute Gasteiger partial charge is 0.275 e. The Morgan fingerprint density at radius 2 is 2.00 bits per heavy atom. The molecule has 0 bridgehead atoms. The van der Waals surface area contributed by atoms with Crippen molar-refractivity contribution in [3.63, 3.8) is 0 Å². The molecule has 0 saturated heterocycles. The smallest absolute Gasteiger partial charge is 0.236 e. The van der Waals surface area contributed by atoms with Crippen LogP contribution in [0.5, 0.6) is 0 Å². The first-order valence-electron chi connectivity index (χ1n) is 2.36. The fourth-order valence-corrected chi connectivity index (χ4v) is 0.554. The van der Waals surface area contributed by atoms with E-state index in [-0.39, 0.29) is 5.71 Å². The molecule has 0 unspecified atom stereocenters. The highest BCUT2D eigenvalue weighted by atomic mass is 19.1. The number of allylic oxidation sites excluding steroid dienone is 4. The quantitative estimate of drug-likeness (QED) is 0.482. The van der Waals surface area contributed by atoms with Gasteiger partial charge in [0.1, 0.15) is 18.6 Å². The molecule has 0 atom stereocenters. The molecule has 1 aliphatic carbocycles. The predicted octanol–water partition coefficient (Wildman–Crippen LogP) is 1.93. The number of halogens is 2. The predicted molar refractivity (Wildman–Crippen MR) is 30.4 cm³/mol. The first-order chi connectivity index (χ1) is 4.18. The van der Waals surface area contributed by atoms with Gasteiger partial charge in [0.05, 0.1) is 0 Å². The lowest BCUT2D eigenvalue weighted by molar-refractivity contribution is 0.621. The van der Waals surface area contributed by atoms with Crippen molar-refractivity contribution in [2.24, 2.45) is 0 Å². The maximum atomic E-state index is 12.1. The zero-order chi connectivity index (χ0) is 6.85. The van der Waals surface area contributed by atoms with Gasteiger partial charge in [-0.3, -0.25) is 5.41 Å². The van der Waals surface area contributed by atoms with E-state index in [1.54, 1.807) is 0 Å². The SMILES string of the molecule is N=C1C=C(F)C=C(F)[CH+]1. The van der Waals surface area contributed by atoms with Crippen LogP contribution in [0.25, 0.3) is 0 Å². The summed E-state index contributed by atoms with van der Waals surface area (Å²) in [4.78, 5) is 0. The average Bonchev–Trinajstić information content (AvgIpc) is 1.59. The summed E-state index contributed by atoms with van der Waals surface area (Å²) in [5, 5.41) is 6.80. The van der Waals surface area contributed by atoms with E-state index in [2.05, 4.69) is 0 Å². The molecule has 9 heavy (non-hydrogen) atoms. The molecule has 0 radical (unpaired) electrons. The Morgan fingerprint density at radius 1 is 1.33 bits per heavy atom. The van der Waals surface area contributed by atoms with Crippen molar-refractivity contribution in [2.75, 3.05) is 0 Å². The first kappa shape index (κ1) is 6.01. The molecule has 0 aromatic heterocycles. The van der Waals surface area contributed by atoms with E-state index in [0.29, 0.717) is 0 Å². The van der Waals surface area contributed by atoms with Crippen molar-refractivity contribution in [3.8, 4) is 0 Å². The highest BCUT2D eigenvalue weighted by Crippen LogP contribution is 2.14. The summed E-state index contributed by atoms with van der Waals surface area (Å²) in [6.07, 6.45) is 2.63. The molecular formula is C6H4F2N+. The number of hydrogen-bond acceptors (Lipinski definition) is 1. The molecule has 0 saturated carbocycles. The van der Waals surface area contributed by atoms with Crippen LogP contribution in [0.15, 0.2) is 23.8 Å². The van der Waals surface area contributed by atoms with E-state index in [1.165, 1.54) is 0 Å². The molecule has 0 aliphatic heterocycles. The lowest BCUT2D eigenvalue weighted by Gasteiger charge is -1.91. The zero-order valence-corrected chi connectivity index (χ0v) is 4.49. The Morgan fingerprint density at radius 3 is 2.44 bits per heavy atom. The van der Waals surface area contributed by atoms with Gasteiger partial charge in [0, 0.05) is 0 Å². The third-order valence-corrected chi connectivity index (χ3v) is 0.863. The van der Waals surface area contributed by atoms with Crippen LogP contribution in [-0.4, -0.2) is 5.71 Å². The van der Waals surface area contributed by atoms with E-state index < -0.39 is 11.7 Å². The second-order valence-corrected chi connectivity index (χ2v) is 1.66. The minimum Gasteiger partial charge on any atom is -0.275 e. The Kier molecular flexibility index (Phi) is 1.34. The highest BCUT2D eigenvalue weighted by Gasteiger charge is 2.17. The molecule has 1 aliphatic rings. The van der Waals surface area contributed by atoms with Gasteiger partial charge in [0.2, 0.25) is 11.7 Å². The van der Waals surface area contributed by atoms with E-state index in [4.69, 9.17) is 5.41 Å². The molecule has 0 amide bonds. The topological polar surface area (TPSA) is 23.9 Å². The van der Waals surface area contributed by atoms with Crippen LogP contribution >= 0.6 is 0 Å². The molecule has 0 fully saturated rings. The number of hydrogen-bond donors (Lipinski definition) is 1. The molecular weight excluding hydrogens is 124 g/mol. The molecule has 1 N–H and O–H groups in total. The normalized spacial score (nSPS) is 18.2. The second kappa shape index (κ2) is 2.01. The minimum atomic E-state index is -0.708. The Hall–Kier alpha value is -1.12. The first-order valence-corrected chi connectivity index (χ1v) is 2.36. The van der Waals surface area contributed by atoms with Crippen molar-refractivity contribution in [1.29, 1.82) is 5.41 Å². The van der Waals surface area contributed by atoms with Crippen molar-refractivity contribution >= 4 is 5.71 Å². The van der Waals surface area contributed by atoms with E-state index in [0.717, 1.165) is 18.6 Å². The lowest BCUT2D eigenvalue weighted by Crippen LogP contribution is -1.98. The molecule has 3 heteroatoms. The molecule has 0 heterocycles. The standard InChI is InChI=1S/C6H4F2N/c7-4-1-5(8)3-6(9)2-4/h1-3,9H/q+1. The molecule has 1 rings (SSSR count). The van der Waals surface area contributed by atoms with Gasteiger partial charge in [-0.25, -0.2) is 0 Å². The Bertz CT molecular complexity index is 203. The van der Waals surface area contributed by atoms with Crippen molar-refractivity contribution in [1.82, 2.24) is 0 Å². The number of nitrogens with one attached hydrogen (secondary N) is 1. The molecule has 0 aromatic rings. The summed E-state index contributed by atoms with van der Waals surface area (Å²) in [6.45, 7) is 0.